The summed E-state index contributed by atoms with van der Waals surface area (Å²) in [6.07, 6.45) is 6.87. The average molecular weight is 418 g/mol. The van der Waals surface area contributed by atoms with Crippen molar-refractivity contribution in [1.82, 2.24) is 15.1 Å². The molecule has 29 heavy (non-hydrogen) atoms. The molecule has 158 valence electrons. The van der Waals surface area contributed by atoms with Crippen LogP contribution in [0.5, 0.6) is 0 Å². The Morgan fingerprint density at radius 1 is 1.24 bits per heavy atom. The fourth-order valence-electron chi connectivity index (χ4n) is 4.11. The molecular weight excluding hydrogens is 386 g/mol. The second-order valence-electron chi connectivity index (χ2n) is 7.93. The van der Waals surface area contributed by atoms with Crippen molar-refractivity contribution < 1.29 is 14.4 Å². The van der Waals surface area contributed by atoms with Gasteiger partial charge in [-0.1, -0.05) is 18.6 Å². The highest BCUT2D eigenvalue weighted by atomic mass is 32.2. The van der Waals surface area contributed by atoms with Crippen LogP contribution in [0.4, 0.5) is 0 Å². The molecule has 1 N–H and O–H groups in total. The molecule has 1 aromatic rings. The van der Waals surface area contributed by atoms with Gasteiger partial charge in [0.2, 0.25) is 11.8 Å². The Balaban J connectivity index is 1.60. The largest absolute Gasteiger partial charge is 0.303 e. The number of carbonyl (C=O) groups excluding carboxylic acids is 3. The monoisotopic (exact) mass is 417 g/mol. The van der Waals surface area contributed by atoms with Gasteiger partial charge in [-0.25, -0.2) is 0 Å². The quantitative estimate of drug-likeness (QED) is 0.288. The molecule has 6 nitrogen and oxygen atoms in total. The van der Waals surface area contributed by atoms with Gasteiger partial charge in [-0.2, -0.15) is 0 Å². The molecule has 1 aromatic carbocycles. The summed E-state index contributed by atoms with van der Waals surface area (Å²) in [4.78, 5) is 40.8. The van der Waals surface area contributed by atoms with Crippen LogP contribution in [0, 0.1) is 0 Å². The van der Waals surface area contributed by atoms with Crippen LogP contribution in [-0.4, -0.2) is 66.4 Å². The van der Waals surface area contributed by atoms with Crippen molar-refractivity contribution in [1.29, 1.82) is 0 Å². The number of thioether (sulfide) groups is 1. The molecule has 1 atom stereocenters. The first-order valence-electron chi connectivity index (χ1n) is 10.5. The van der Waals surface area contributed by atoms with Gasteiger partial charge < -0.3 is 4.90 Å². The predicted molar refractivity (Wildman–Crippen MR) is 115 cm³/mol. The number of imide groups is 1. The number of aldehydes is 1. The maximum atomic E-state index is 12.2. The zero-order valence-corrected chi connectivity index (χ0v) is 18.0. The number of carbonyl (C=O) groups is 3. The van der Waals surface area contributed by atoms with Crippen molar-refractivity contribution in [3.8, 4) is 0 Å². The van der Waals surface area contributed by atoms with E-state index in [0.29, 0.717) is 24.9 Å². The zero-order valence-electron chi connectivity index (χ0n) is 17.2. The third-order valence-corrected chi connectivity index (χ3v) is 6.96. The van der Waals surface area contributed by atoms with Gasteiger partial charge in [0.25, 0.3) is 0 Å². The number of nitrogens with zero attached hydrogens (tertiary/aromatic N) is 2. The third-order valence-electron chi connectivity index (χ3n) is 5.77. The van der Waals surface area contributed by atoms with Gasteiger partial charge in [-0.15, -0.1) is 11.8 Å². The summed E-state index contributed by atoms with van der Waals surface area (Å²) in [5, 5.41) is 2.41. The Morgan fingerprint density at radius 3 is 2.76 bits per heavy atom. The fraction of sp³-hybridized carbons (Fsp3) is 0.591. The molecule has 2 aliphatic heterocycles. The van der Waals surface area contributed by atoms with E-state index in [-0.39, 0.29) is 17.9 Å². The summed E-state index contributed by atoms with van der Waals surface area (Å²) in [6.45, 7) is 4.07. The van der Waals surface area contributed by atoms with Gasteiger partial charge in [0, 0.05) is 23.4 Å². The number of nitrogens with one attached hydrogen (secondary N) is 1. The number of hydrogen-bond donors (Lipinski definition) is 1. The highest BCUT2D eigenvalue weighted by molar-refractivity contribution is 7.99. The van der Waals surface area contributed by atoms with Crippen LogP contribution in [0.25, 0.3) is 0 Å². The van der Waals surface area contributed by atoms with Gasteiger partial charge in [0.1, 0.15) is 6.29 Å². The van der Waals surface area contributed by atoms with Crippen LogP contribution in [0.15, 0.2) is 23.1 Å². The fourth-order valence-corrected chi connectivity index (χ4v) is 5.14. The molecule has 0 radical (unpaired) electrons. The Bertz CT molecular complexity index is 734. The Labute approximate surface area is 177 Å². The summed E-state index contributed by atoms with van der Waals surface area (Å²) in [6, 6.07) is 5.47. The molecule has 2 aliphatic rings. The third kappa shape index (κ3) is 6.14. The molecule has 0 bridgehead atoms. The van der Waals surface area contributed by atoms with Crippen LogP contribution in [0.1, 0.15) is 54.4 Å². The summed E-state index contributed by atoms with van der Waals surface area (Å²) in [5.41, 5.74) is 1.64. The van der Waals surface area contributed by atoms with Crippen LogP contribution in [-0.2, 0) is 16.1 Å². The lowest BCUT2D eigenvalue weighted by Gasteiger charge is -2.30. The number of likely N-dealkylation sites (N-methyl/N-ethyl adjacent to an activating group) is 1. The molecule has 2 saturated heterocycles. The van der Waals surface area contributed by atoms with Crippen molar-refractivity contribution in [3.63, 3.8) is 0 Å². The number of likely N-dealkylation sites (tertiary alicyclic amines) is 1. The minimum atomic E-state index is -0.343. The van der Waals surface area contributed by atoms with E-state index in [1.165, 1.54) is 32.4 Å². The summed E-state index contributed by atoms with van der Waals surface area (Å²) < 4.78 is 0. The lowest BCUT2D eigenvalue weighted by Crippen LogP contribution is -2.51. The van der Waals surface area contributed by atoms with E-state index in [1.807, 2.05) is 24.1 Å². The average Bonchev–Trinajstić information content (AvgIpc) is 2.72. The number of hydrogen-bond acceptors (Lipinski definition) is 6. The van der Waals surface area contributed by atoms with Gasteiger partial charge >= 0.3 is 0 Å². The molecule has 0 saturated carbocycles. The zero-order chi connectivity index (χ0) is 20.6. The van der Waals surface area contributed by atoms with Crippen molar-refractivity contribution in [2.24, 2.45) is 0 Å². The van der Waals surface area contributed by atoms with Crippen molar-refractivity contribution >= 4 is 29.9 Å². The van der Waals surface area contributed by atoms with Gasteiger partial charge in [-0.3, -0.25) is 24.6 Å². The molecule has 0 spiro atoms. The summed E-state index contributed by atoms with van der Waals surface area (Å²) >= 11 is 1.79. The number of rotatable bonds is 9. The van der Waals surface area contributed by atoms with Crippen LogP contribution in [0.2, 0.25) is 0 Å². The molecule has 3 rings (SSSR count). The lowest BCUT2D eigenvalue weighted by molar-refractivity contribution is -0.137. The van der Waals surface area contributed by atoms with Gasteiger partial charge in [-0.05, 0) is 69.7 Å². The van der Waals surface area contributed by atoms with E-state index < -0.39 is 0 Å². The molecule has 0 aromatic heterocycles. The highest BCUT2D eigenvalue weighted by Crippen LogP contribution is 2.28. The van der Waals surface area contributed by atoms with Crippen LogP contribution >= 0.6 is 11.8 Å². The SMILES string of the molecule is CN(Cc1c(C=O)cccc1SCCCN1CCCCC1)C1CCC(=O)NC1=O. The molecular formula is C22H31N3O3S. The number of benzene rings is 1. The first-order valence-corrected chi connectivity index (χ1v) is 11.5. The molecule has 2 heterocycles. The standard InChI is InChI=1S/C22H31N3O3S/c1-24(19-9-10-21(27)23-22(19)28)15-18-17(16-26)7-5-8-20(18)29-14-6-13-25-11-3-2-4-12-25/h5,7-8,16,19H,2-4,6,9-15H2,1H3,(H,23,27,28). The Kier molecular flexibility index (Phi) is 8.27. The van der Waals surface area contributed by atoms with E-state index in [1.54, 1.807) is 11.8 Å². The molecule has 2 fully saturated rings. The second kappa shape index (κ2) is 10.9. The van der Waals surface area contributed by atoms with E-state index in [0.717, 1.165) is 35.5 Å². The van der Waals surface area contributed by atoms with Crippen LogP contribution < -0.4 is 5.32 Å². The van der Waals surface area contributed by atoms with Crippen molar-refractivity contribution in [3.05, 3.63) is 29.3 Å². The maximum absolute atomic E-state index is 12.2. The van der Waals surface area contributed by atoms with Crippen molar-refractivity contribution in [2.75, 3.05) is 32.4 Å². The van der Waals surface area contributed by atoms with E-state index in [9.17, 15) is 14.4 Å². The van der Waals surface area contributed by atoms with Crippen molar-refractivity contribution in [2.45, 2.75) is 56.0 Å². The topological polar surface area (TPSA) is 69.7 Å². The first-order chi connectivity index (χ1) is 14.1. The Morgan fingerprint density at radius 2 is 2.03 bits per heavy atom. The summed E-state index contributed by atoms with van der Waals surface area (Å²) in [5.74, 6) is 0.550. The molecule has 0 aliphatic carbocycles. The second-order valence-corrected chi connectivity index (χ2v) is 9.06. The van der Waals surface area contributed by atoms with Gasteiger partial charge in [0.15, 0.2) is 0 Å². The smallest absolute Gasteiger partial charge is 0.243 e. The van der Waals surface area contributed by atoms with E-state index in [4.69, 9.17) is 0 Å². The van der Waals surface area contributed by atoms with Gasteiger partial charge in [0.05, 0.1) is 6.04 Å². The predicted octanol–water partition coefficient (Wildman–Crippen LogP) is 2.70. The van der Waals surface area contributed by atoms with E-state index >= 15 is 0 Å². The molecule has 2 amide bonds. The minimum absolute atomic E-state index is 0.210. The lowest BCUT2D eigenvalue weighted by atomic mass is 10.0. The maximum Gasteiger partial charge on any atom is 0.243 e. The summed E-state index contributed by atoms with van der Waals surface area (Å²) in [7, 11) is 1.88. The highest BCUT2D eigenvalue weighted by Gasteiger charge is 2.30. The minimum Gasteiger partial charge on any atom is -0.303 e. The number of amides is 2. The molecule has 1 unspecified atom stereocenters. The van der Waals surface area contributed by atoms with E-state index in [2.05, 4.69) is 16.3 Å². The normalized spacial score (nSPS) is 20.7. The Hall–Kier alpha value is -1.70. The van der Waals surface area contributed by atoms with Crippen LogP contribution in [0.3, 0.4) is 0 Å². The molecule has 7 heteroatoms. The number of piperidine rings is 2. The first kappa shape index (κ1) is 22.0.